The van der Waals surface area contributed by atoms with E-state index >= 15 is 0 Å². The molecule has 0 unspecified atom stereocenters. The molecule has 5 heteroatoms. The number of amides is 1. The number of nitrogens with zero attached hydrogens (tertiary/aromatic N) is 1. The number of carbonyl (C=O) groups excluding carboxylic acids is 1. The van der Waals surface area contributed by atoms with E-state index in [1.165, 1.54) is 12.8 Å². The summed E-state index contributed by atoms with van der Waals surface area (Å²) in [5.74, 6) is -0.263. The molecule has 0 spiro atoms. The Morgan fingerprint density at radius 1 is 1.35 bits per heavy atom. The SMILES string of the molecule is O=C(CCl)Nc1cc(Cl)ccc1N1CCCC1. The van der Waals surface area contributed by atoms with E-state index in [9.17, 15) is 4.79 Å². The third kappa shape index (κ3) is 3.05. The van der Waals surface area contributed by atoms with Gasteiger partial charge in [-0.25, -0.2) is 0 Å². The van der Waals surface area contributed by atoms with Crippen molar-refractivity contribution in [2.75, 3.05) is 29.2 Å². The van der Waals surface area contributed by atoms with Crippen LogP contribution in [-0.2, 0) is 4.79 Å². The molecule has 1 saturated heterocycles. The van der Waals surface area contributed by atoms with Gasteiger partial charge < -0.3 is 10.2 Å². The highest BCUT2D eigenvalue weighted by Gasteiger charge is 2.16. The summed E-state index contributed by atoms with van der Waals surface area (Å²) in [6.45, 7) is 2.04. The number of carbonyl (C=O) groups is 1. The Labute approximate surface area is 111 Å². The van der Waals surface area contributed by atoms with Crippen molar-refractivity contribution >= 4 is 40.5 Å². The molecule has 0 radical (unpaired) electrons. The summed E-state index contributed by atoms with van der Waals surface area (Å²) in [6.07, 6.45) is 2.37. The van der Waals surface area contributed by atoms with E-state index < -0.39 is 0 Å². The Kier molecular flexibility index (Phi) is 4.13. The second-order valence-corrected chi connectivity index (χ2v) is 4.74. The zero-order valence-electron chi connectivity index (χ0n) is 9.38. The second-order valence-electron chi connectivity index (χ2n) is 4.04. The Morgan fingerprint density at radius 2 is 2.06 bits per heavy atom. The van der Waals surface area contributed by atoms with Gasteiger partial charge in [-0.3, -0.25) is 4.79 Å². The number of halogens is 2. The summed E-state index contributed by atoms with van der Waals surface area (Å²) in [5, 5.41) is 3.39. The fourth-order valence-electron chi connectivity index (χ4n) is 2.03. The van der Waals surface area contributed by atoms with Crippen LogP contribution in [0.1, 0.15) is 12.8 Å². The van der Waals surface area contributed by atoms with Crippen LogP contribution in [0.25, 0.3) is 0 Å². The molecule has 0 atom stereocenters. The first-order valence-corrected chi connectivity index (χ1v) is 6.52. The maximum absolute atomic E-state index is 11.4. The van der Waals surface area contributed by atoms with Crippen molar-refractivity contribution < 1.29 is 4.79 Å². The van der Waals surface area contributed by atoms with Gasteiger partial charge in [-0.15, -0.1) is 11.6 Å². The second kappa shape index (κ2) is 5.61. The van der Waals surface area contributed by atoms with Crippen LogP contribution in [0.5, 0.6) is 0 Å². The summed E-state index contributed by atoms with van der Waals surface area (Å²) in [6, 6.07) is 5.54. The van der Waals surface area contributed by atoms with Crippen LogP contribution in [0.4, 0.5) is 11.4 Å². The topological polar surface area (TPSA) is 32.3 Å². The highest BCUT2D eigenvalue weighted by atomic mass is 35.5. The fourth-order valence-corrected chi connectivity index (χ4v) is 2.26. The van der Waals surface area contributed by atoms with Gasteiger partial charge in [-0.05, 0) is 31.0 Å². The van der Waals surface area contributed by atoms with Gasteiger partial charge >= 0.3 is 0 Å². The molecule has 0 saturated carbocycles. The van der Waals surface area contributed by atoms with Gasteiger partial charge in [-0.2, -0.15) is 0 Å². The lowest BCUT2D eigenvalue weighted by molar-refractivity contribution is -0.113. The highest BCUT2D eigenvalue weighted by Crippen LogP contribution is 2.31. The lowest BCUT2D eigenvalue weighted by Crippen LogP contribution is -2.21. The summed E-state index contributed by atoms with van der Waals surface area (Å²) >= 11 is 11.4. The third-order valence-corrected chi connectivity index (χ3v) is 3.28. The van der Waals surface area contributed by atoms with Gasteiger partial charge in [0.25, 0.3) is 0 Å². The van der Waals surface area contributed by atoms with Crippen molar-refractivity contribution in [2.24, 2.45) is 0 Å². The zero-order chi connectivity index (χ0) is 12.3. The predicted molar refractivity (Wildman–Crippen MR) is 72.2 cm³/mol. The third-order valence-electron chi connectivity index (χ3n) is 2.80. The average Bonchev–Trinajstić information content (AvgIpc) is 2.82. The van der Waals surface area contributed by atoms with Crippen LogP contribution in [0.3, 0.4) is 0 Å². The molecule has 1 aromatic rings. The molecule has 0 bridgehead atoms. The van der Waals surface area contributed by atoms with Crippen molar-refractivity contribution in [3.8, 4) is 0 Å². The molecule has 1 aromatic carbocycles. The first-order valence-electron chi connectivity index (χ1n) is 5.61. The highest BCUT2D eigenvalue weighted by molar-refractivity contribution is 6.31. The van der Waals surface area contributed by atoms with Crippen LogP contribution in [0.15, 0.2) is 18.2 Å². The molecule has 17 heavy (non-hydrogen) atoms. The molecule has 1 amide bonds. The summed E-state index contributed by atoms with van der Waals surface area (Å²) < 4.78 is 0. The summed E-state index contributed by atoms with van der Waals surface area (Å²) in [4.78, 5) is 13.6. The Hall–Kier alpha value is -0.930. The Bertz CT molecular complexity index is 417. The summed E-state index contributed by atoms with van der Waals surface area (Å²) in [7, 11) is 0. The monoisotopic (exact) mass is 272 g/mol. The minimum atomic E-state index is -0.214. The van der Waals surface area contributed by atoms with Gasteiger partial charge in [-0.1, -0.05) is 11.6 Å². The van der Waals surface area contributed by atoms with E-state index in [-0.39, 0.29) is 11.8 Å². The first kappa shape index (κ1) is 12.5. The van der Waals surface area contributed by atoms with Crippen LogP contribution in [-0.4, -0.2) is 24.9 Å². The van der Waals surface area contributed by atoms with E-state index in [1.54, 1.807) is 6.07 Å². The van der Waals surface area contributed by atoms with Gasteiger partial charge in [0.2, 0.25) is 5.91 Å². The van der Waals surface area contributed by atoms with Gasteiger partial charge in [0.15, 0.2) is 0 Å². The summed E-state index contributed by atoms with van der Waals surface area (Å²) in [5.41, 5.74) is 1.76. The van der Waals surface area contributed by atoms with E-state index in [4.69, 9.17) is 23.2 Å². The minimum absolute atomic E-state index is 0.0496. The smallest absolute Gasteiger partial charge is 0.239 e. The fraction of sp³-hybridized carbons (Fsp3) is 0.417. The van der Waals surface area contributed by atoms with Crippen LogP contribution in [0.2, 0.25) is 5.02 Å². The van der Waals surface area contributed by atoms with E-state index in [0.29, 0.717) is 5.02 Å². The molecule has 1 heterocycles. The zero-order valence-corrected chi connectivity index (χ0v) is 10.9. The van der Waals surface area contributed by atoms with Gasteiger partial charge in [0.05, 0.1) is 11.4 Å². The number of anilines is 2. The molecule has 3 nitrogen and oxygen atoms in total. The van der Waals surface area contributed by atoms with Gasteiger partial charge in [0, 0.05) is 18.1 Å². The largest absolute Gasteiger partial charge is 0.370 e. The lowest BCUT2D eigenvalue weighted by atomic mass is 10.2. The number of alkyl halides is 1. The molecule has 1 aliphatic heterocycles. The number of nitrogens with one attached hydrogen (secondary N) is 1. The normalized spacial score (nSPS) is 15.1. The van der Waals surface area contributed by atoms with Crippen LogP contribution < -0.4 is 10.2 Å². The molecular formula is C12H14Cl2N2O. The molecule has 92 valence electrons. The van der Waals surface area contributed by atoms with Crippen molar-refractivity contribution in [2.45, 2.75) is 12.8 Å². The van der Waals surface area contributed by atoms with E-state index in [1.807, 2.05) is 12.1 Å². The quantitative estimate of drug-likeness (QED) is 0.858. The maximum atomic E-state index is 11.4. The Balaban J connectivity index is 2.26. The molecule has 2 rings (SSSR count). The van der Waals surface area contributed by atoms with Crippen LogP contribution >= 0.6 is 23.2 Å². The minimum Gasteiger partial charge on any atom is -0.370 e. The lowest BCUT2D eigenvalue weighted by Gasteiger charge is -2.21. The average molecular weight is 273 g/mol. The van der Waals surface area contributed by atoms with Gasteiger partial charge in [0.1, 0.15) is 5.88 Å². The number of benzene rings is 1. The van der Waals surface area contributed by atoms with Crippen LogP contribution in [0, 0.1) is 0 Å². The molecule has 0 aromatic heterocycles. The molecule has 0 aliphatic carbocycles. The van der Waals surface area contributed by atoms with E-state index in [0.717, 1.165) is 24.5 Å². The molecule has 1 fully saturated rings. The van der Waals surface area contributed by atoms with Crippen molar-refractivity contribution in [3.05, 3.63) is 23.2 Å². The van der Waals surface area contributed by atoms with Crippen molar-refractivity contribution in [1.82, 2.24) is 0 Å². The number of hydrogen-bond donors (Lipinski definition) is 1. The molecule has 1 aliphatic rings. The predicted octanol–water partition coefficient (Wildman–Crippen LogP) is 3.12. The maximum Gasteiger partial charge on any atom is 0.239 e. The molecule has 1 N–H and O–H groups in total. The first-order chi connectivity index (χ1) is 8.20. The van der Waals surface area contributed by atoms with Crippen molar-refractivity contribution in [3.63, 3.8) is 0 Å². The van der Waals surface area contributed by atoms with E-state index in [2.05, 4.69) is 10.2 Å². The molecular weight excluding hydrogens is 259 g/mol. The number of hydrogen-bond acceptors (Lipinski definition) is 2. The standard InChI is InChI=1S/C12H14Cl2N2O/c13-8-12(17)15-10-7-9(14)3-4-11(10)16-5-1-2-6-16/h3-4,7H,1-2,5-6,8H2,(H,15,17). The van der Waals surface area contributed by atoms with Crippen molar-refractivity contribution in [1.29, 1.82) is 0 Å². The Morgan fingerprint density at radius 3 is 2.71 bits per heavy atom. The number of rotatable bonds is 3.